The zero-order chi connectivity index (χ0) is 13.8. The molecule has 0 fully saturated rings. The number of aromatic hydroxyl groups is 1. The largest absolute Gasteiger partial charge is 0.503 e. The normalized spacial score (nSPS) is 10.2. The second-order valence-corrected chi connectivity index (χ2v) is 5.68. The lowest BCUT2D eigenvalue weighted by Gasteiger charge is -2.06. The fourth-order valence-electron chi connectivity index (χ4n) is 1.55. The first-order chi connectivity index (χ1) is 9.04. The van der Waals surface area contributed by atoms with E-state index in [1.807, 2.05) is 12.1 Å². The van der Waals surface area contributed by atoms with Crippen LogP contribution in [0.15, 0.2) is 51.7 Å². The SMILES string of the molecule is O=C(C[n+]1cccc(O)c1)Nc1ccc(Br)cc1Br. The van der Waals surface area contributed by atoms with Crippen LogP contribution in [0, 0.1) is 0 Å². The maximum atomic E-state index is 11.9. The molecule has 0 bridgehead atoms. The highest BCUT2D eigenvalue weighted by Crippen LogP contribution is 2.25. The number of hydrogen-bond acceptors (Lipinski definition) is 2. The average Bonchev–Trinajstić information content (AvgIpc) is 2.33. The van der Waals surface area contributed by atoms with E-state index in [0.29, 0.717) is 5.69 Å². The molecule has 1 amide bonds. The lowest BCUT2D eigenvalue weighted by Crippen LogP contribution is -2.39. The van der Waals surface area contributed by atoms with Gasteiger partial charge in [0, 0.05) is 15.0 Å². The Balaban J connectivity index is 2.05. The van der Waals surface area contributed by atoms with Crippen LogP contribution in [0.5, 0.6) is 5.75 Å². The number of nitrogens with one attached hydrogen (secondary N) is 1. The Hall–Kier alpha value is -1.40. The van der Waals surface area contributed by atoms with E-state index in [9.17, 15) is 9.90 Å². The Morgan fingerprint density at radius 2 is 2.11 bits per heavy atom. The van der Waals surface area contributed by atoms with Crippen molar-refractivity contribution in [2.75, 3.05) is 5.32 Å². The highest BCUT2D eigenvalue weighted by atomic mass is 79.9. The van der Waals surface area contributed by atoms with Crippen LogP contribution >= 0.6 is 31.9 Å². The van der Waals surface area contributed by atoms with Crippen molar-refractivity contribution in [2.45, 2.75) is 6.54 Å². The number of nitrogens with zero attached hydrogens (tertiary/aromatic N) is 1. The number of carbonyl (C=O) groups is 1. The molecular weight excluding hydrogens is 376 g/mol. The summed E-state index contributed by atoms with van der Waals surface area (Å²) in [6.07, 6.45) is 3.21. The van der Waals surface area contributed by atoms with Crippen molar-refractivity contribution in [3.05, 3.63) is 51.7 Å². The maximum absolute atomic E-state index is 11.9. The zero-order valence-electron chi connectivity index (χ0n) is 9.81. The minimum atomic E-state index is -0.168. The smallest absolute Gasteiger partial charge is 0.290 e. The Kier molecular flexibility index (Phi) is 4.55. The van der Waals surface area contributed by atoms with Gasteiger partial charge in [0.15, 0.2) is 11.9 Å². The zero-order valence-corrected chi connectivity index (χ0v) is 13.0. The van der Waals surface area contributed by atoms with Gasteiger partial charge in [-0.05, 0) is 40.2 Å². The van der Waals surface area contributed by atoms with Crippen molar-refractivity contribution in [1.82, 2.24) is 0 Å². The summed E-state index contributed by atoms with van der Waals surface area (Å²) in [6, 6.07) is 8.75. The molecule has 1 aromatic heterocycles. The molecule has 0 aliphatic rings. The highest BCUT2D eigenvalue weighted by Gasteiger charge is 2.11. The first-order valence-electron chi connectivity index (χ1n) is 5.47. The van der Waals surface area contributed by atoms with Gasteiger partial charge in [0.2, 0.25) is 12.7 Å². The van der Waals surface area contributed by atoms with Gasteiger partial charge in [-0.3, -0.25) is 4.79 Å². The van der Waals surface area contributed by atoms with Crippen LogP contribution in [0.25, 0.3) is 0 Å². The van der Waals surface area contributed by atoms with Gasteiger partial charge in [-0.25, -0.2) is 0 Å². The number of amides is 1. The van der Waals surface area contributed by atoms with E-state index < -0.39 is 0 Å². The molecule has 2 aromatic rings. The molecule has 98 valence electrons. The number of anilines is 1. The molecule has 0 aliphatic carbocycles. The lowest BCUT2D eigenvalue weighted by atomic mass is 10.3. The molecule has 2 rings (SSSR count). The van der Waals surface area contributed by atoms with E-state index in [1.165, 1.54) is 6.20 Å². The highest BCUT2D eigenvalue weighted by molar-refractivity contribution is 9.11. The quantitative estimate of drug-likeness (QED) is 0.797. The van der Waals surface area contributed by atoms with E-state index in [-0.39, 0.29) is 18.2 Å². The second-order valence-electron chi connectivity index (χ2n) is 3.91. The van der Waals surface area contributed by atoms with Gasteiger partial charge in [-0.15, -0.1) is 0 Å². The van der Waals surface area contributed by atoms with Gasteiger partial charge in [0.05, 0.1) is 5.69 Å². The van der Waals surface area contributed by atoms with Gasteiger partial charge >= 0.3 is 0 Å². The first-order valence-corrected chi connectivity index (χ1v) is 7.06. The van der Waals surface area contributed by atoms with E-state index in [4.69, 9.17) is 0 Å². The summed E-state index contributed by atoms with van der Waals surface area (Å²) in [5.74, 6) is -0.0428. The molecule has 0 saturated heterocycles. The van der Waals surface area contributed by atoms with Gasteiger partial charge in [0.1, 0.15) is 0 Å². The minimum Gasteiger partial charge on any atom is -0.503 e. The van der Waals surface area contributed by atoms with E-state index >= 15 is 0 Å². The van der Waals surface area contributed by atoms with Crippen molar-refractivity contribution in [3.8, 4) is 5.75 Å². The molecule has 4 nitrogen and oxygen atoms in total. The molecule has 2 N–H and O–H groups in total. The van der Waals surface area contributed by atoms with E-state index in [0.717, 1.165) is 8.95 Å². The molecule has 6 heteroatoms. The summed E-state index contributed by atoms with van der Waals surface area (Å²) in [4.78, 5) is 11.9. The first kappa shape index (κ1) is 14.0. The molecule has 0 aliphatic heterocycles. The summed E-state index contributed by atoms with van der Waals surface area (Å²) >= 11 is 6.73. The standard InChI is InChI=1S/C13H10Br2N2O2/c14-9-3-4-12(11(15)6-9)16-13(19)8-17-5-1-2-10(18)7-17/h1-7H,8H2,(H-,16,18,19)/p+1. The second kappa shape index (κ2) is 6.16. The summed E-state index contributed by atoms with van der Waals surface area (Å²) in [5, 5.41) is 12.1. The Labute approximate surface area is 127 Å². The van der Waals surface area contributed by atoms with Gasteiger partial charge in [-0.1, -0.05) is 15.9 Å². The molecule has 0 spiro atoms. The molecule has 0 atom stereocenters. The third-order valence-corrected chi connectivity index (χ3v) is 3.52. The Bertz CT molecular complexity index is 617. The number of pyridine rings is 1. The number of aromatic nitrogens is 1. The van der Waals surface area contributed by atoms with Gasteiger partial charge in [0.25, 0.3) is 5.91 Å². The van der Waals surface area contributed by atoms with Crippen molar-refractivity contribution in [1.29, 1.82) is 0 Å². The number of benzene rings is 1. The maximum Gasteiger partial charge on any atom is 0.290 e. The van der Waals surface area contributed by atoms with E-state index in [2.05, 4.69) is 37.2 Å². The molecule has 1 aromatic carbocycles. The van der Waals surface area contributed by atoms with Crippen molar-refractivity contribution in [2.24, 2.45) is 0 Å². The number of halogens is 2. The Morgan fingerprint density at radius 3 is 2.79 bits per heavy atom. The third-order valence-electron chi connectivity index (χ3n) is 2.37. The van der Waals surface area contributed by atoms with Crippen LogP contribution in [0.2, 0.25) is 0 Å². The molecule has 0 saturated carbocycles. The average molecular weight is 387 g/mol. The predicted octanol–water partition coefficient (Wildman–Crippen LogP) is 2.84. The molecule has 19 heavy (non-hydrogen) atoms. The topological polar surface area (TPSA) is 53.2 Å². The molecule has 0 unspecified atom stereocenters. The van der Waals surface area contributed by atoms with Crippen LogP contribution in [0.1, 0.15) is 0 Å². The monoisotopic (exact) mass is 385 g/mol. The van der Waals surface area contributed by atoms with Crippen LogP contribution in [0.3, 0.4) is 0 Å². The van der Waals surface area contributed by atoms with Crippen molar-refractivity contribution in [3.63, 3.8) is 0 Å². The number of carbonyl (C=O) groups excluding carboxylic acids is 1. The molecule has 0 radical (unpaired) electrons. The van der Waals surface area contributed by atoms with Gasteiger partial charge < -0.3 is 10.4 Å². The van der Waals surface area contributed by atoms with Crippen molar-refractivity contribution < 1.29 is 14.5 Å². The fourth-order valence-corrected chi connectivity index (χ4v) is 2.70. The van der Waals surface area contributed by atoms with Crippen LogP contribution in [-0.4, -0.2) is 11.0 Å². The Morgan fingerprint density at radius 1 is 1.32 bits per heavy atom. The molecule has 1 heterocycles. The van der Waals surface area contributed by atoms with Crippen LogP contribution in [0.4, 0.5) is 5.69 Å². The summed E-state index contributed by atoms with van der Waals surface area (Å²) < 4.78 is 3.34. The van der Waals surface area contributed by atoms with Crippen molar-refractivity contribution >= 4 is 43.5 Å². The predicted molar refractivity (Wildman–Crippen MR) is 78.8 cm³/mol. The summed E-state index contributed by atoms with van der Waals surface area (Å²) in [7, 11) is 0. The van der Waals surface area contributed by atoms with Crippen LogP contribution in [-0.2, 0) is 11.3 Å². The van der Waals surface area contributed by atoms with Gasteiger partial charge in [-0.2, -0.15) is 4.57 Å². The summed E-state index contributed by atoms with van der Waals surface area (Å²) in [5.41, 5.74) is 0.703. The third kappa shape index (κ3) is 4.04. The van der Waals surface area contributed by atoms with E-state index in [1.54, 1.807) is 29.0 Å². The van der Waals surface area contributed by atoms with Crippen LogP contribution < -0.4 is 9.88 Å². The number of rotatable bonds is 3. The fraction of sp³-hybridized carbons (Fsp3) is 0.0769. The molecular formula is C13H11Br2N2O2+. The minimum absolute atomic E-state index is 0.125. The summed E-state index contributed by atoms with van der Waals surface area (Å²) in [6.45, 7) is 0.136. The number of hydrogen-bond donors (Lipinski definition) is 2. The lowest BCUT2D eigenvalue weighted by molar-refractivity contribution is -0.684.